The normalized spacial score (nSPS) is 11.8. The molecule has 0 spiro atoms. The first-order valence-electron chi connectivity index (χ1n) is 6.40. The van der Waals surface area contributed by atoms with Crippen molar-refractivity contribution in [2.75, 3.05) is 6.54 Å². The molecule has 1 rings (SSSR count). The first-order chi connectivity index (χ1) is 9.13. The zero-order valence-corrected chi connectivity index (χ0v) is 11.1. The molecule has 0 bridgehead atoms. The fourth-order valence-corrected chi connectivity index (χ4v) is 1.71. The van der Waals surface area contributed by atoms with Crippen molar-refractivity contribution in [2.24, 2.45) is 0 Å². The van der Waals surface area contributed by atoms with Crippen LogP contribution in [0.4, 0.5) is 0 Å². The summed E-state index contributed by atoms with van der Waals surface area (Å²) in [6.45, 7) is 2.88. The maximum Gasteiger partial charge on any atom is 0.320 e. The predicted molar refractivity (Wildman–Crippen MR) is 72.6 cm³/mol. The molecule has 1 amide bonds. The van der Waals surface area contributed by atoms with Gasteiger partial charge in [0.1, 0.15) is 6.04 Å². The summed E-state index contributed by atoms with van der Waals surface area (Å²) in [6.07, 6.45) is 0.501. The van der Waals surface area contributed by atoms with Crippen molar-refractivity contribution in [2.45, 2.75) is 32.4 Å². The summed E-state index contributed by atoms with van der Waals surface area (Å²) in [5.74, 6) is -1.05. The van der Waals surface area contributed by atoms with E-state index < -0.39 is 12.0 Å². The summed E-state index contributed by atoms with van der Waals surface area (Å²) in [7, 11) is 0. The second-order valence-corrected chi connectivity index (χ2v) is 4.25. The number of benzene rings is 1. The Hall–Kier alpha value is -1.88. The maximum atomic E-state index is 11.3. The molecule has 0 aliphatic carbocycles. The molecule has 1 aromatic rings. The number of aliphatic carboxylic acids is 1. The Morgan fingerprint density at radius 1 is 1.26 bits per heavy atom. The van der Waals surface area contributed by atoms with Gasteiger partial charge in [-0.25, -0.2) is 0 Å². The van der Waals surface area contributed by atoms with E-state index >= 15 is 0 Å². The highest BCUT2D eigenvalue weighted by Crippen LogP contribution is 2.02. The molecule has 1 atom stereocenters. The molecule has 0 saturated carbocycles. The van der Waals surface area contributed by atoms with Crippen LogP contribution in [0.1, 0.15) is 25.3 Å². The Labute approximate surface area is 113 Å². The summed E-state index contributed by atoms with van der Waals surface area (Å²) in [6, 6.07) is 8.87. The van der Waals surface area contributed by atoms with Crippen LogP contribution in [0, 0.1) is 0 Å². The van der Waals surface area contributed by atoms with Gasteiger partial charge in [0.2, 0.25) is 5.91 Å². The van der Waals surface area contributed by atoms with E-state index in [1.54, 1.807) is 0 Å². The Bertz CT molecular complexity index is 406. The van der Waals surface area contributed by atoms with Crippen molar-refractivity contribution in [1.29, 1.82) is 0 Å². The monoisotopic (exact) mass is 264 g/mol. The van der Waals surface area contributed by atoms with Gasteiger partial charge in [0.05, 0.1) is 0 Å². The molecule has 0 unspecified atom stereocenters. The van der Waals surface area contributed by atoms with Crippen LogP contribution in [-0.4, -0.2) is 29.6 Å². The SMILES string of the molecule is CCNC(=O)CC[C@H](NCc1ccccc1)C(=O)O. The van der Waals surface area contributed by atoms with Gasteiger partial charge < -0.3 is 15.7 Å². The predicted octanol–water partition coefficient (Wildman–Crippen LogP) is 1.15. The number of hydrogen-bond acceptors (Lipinski definition) is 3. The smallest absolute Gasteiger partial charge is 0.320 e. The Balaban J connectivity index is 2.41. The van der Waals surface area contributed by atoms with Gasteiger partial charge in [0, 0.05) is 19.5 Å². The van der Waals surface area contributed by atoms with E-state index in [1.165, 1.54) is 0 Å². The maximum absolute atomic E-state index is 11.3. The number of rotatable bonds is 8. The summed E-state index contributed by atoms with van der Waals surface area (Å²) in [5, 5.41) is 14.7. The molecule has 19 heavy (non-hydrogen) atoms. The van der Waals surface area contributed by atoms with Crippen LogP contribution in [0.15, 0.2) is 30.3 Å². The number of hydrogen-bond donors (Lipinski definition) is 3. The van der Waals surface area contributed by atoms with E-state index in [2.05, 4.69) is 10.6 Å². The highest BCUT2D eigenvalue weighted by Gasteiger charge is 2.17. The van der Waals surface area contributed by atoms with Crippen molar-refractivity contribution in [3.63, 3.8) is 0 Å². The molecule has 0 heterocycles. The van der Waals surface area contributed by atoms with Crippen LogP contribution < -0.4 is 10.6 Å². The number of carboxylic acids is 1. The third-order valence-corrected chi connectivity index (χ3v) is 2.73. The number of amides is 1. The van der Waals surface area contributed by atoms with Crippen LogP contribution >= 0.6 is 0 Å². The minimum Gasteiger partial charge on any atom is -0.480 e. The number of nitrogens with one attached hydrogen (secondary N) is 2. The van der Waals surface area contributed by atoms with Crippen molar-refractivity contribution in [1.82, 2.24) is 10.6 Å². The van der Waals surface area contributed by atoms with E-state index in [0.29, 0.717) is 13.1 Å². The van der Waals surface area contributed by atoms with Crippen molar-refractivity contribution < 1.29 is 14.7 Å². The Kier molecular flexibility index (Phi) is 6.60. The molecule has 104 valence electrons. The Morgan fingerprint density at radius 3 is 2.53 bits per heavy atom. The largest absolute Gasteiger partial charge is 0.480 e. The van der Waals surface area contributed by atoms with Crippen molar-refractivity contribution >= 4 is 11.9 Å². The highest BCUT2D eigenvalue weighted by atomic mass is 16.4. The first kappa shape index (κ1) is 15.2. The summed E-state index contributed by atoms with van der Waals surface area (Å²) in [4.78, 5) is 22.4. The van der Waals surface area contributed by atoms with Crippen LogP contribution in [0.2, 0.25) is 0 Å². The second kappa shape index (κ2) is 8.26. The third kappa shape index (κ3) is 6.01. The van der Waals surface area contributed by atoms with Gasteiger partial charge in [-0.05, 0) is 18.9 Å². The summed E-state index contributed by atoms with van der Waals surface area (Å²) < 4.78 is 0. The average Bonchev–Trinajstić information content (AvgIpc) is 2.39. The zero-order valence-electron chi connectivity index (χ0n) is 11.1. The van der Waals surface area contributed by atoms with E-state index in [9.17, 15) is 9.59 Å². The number of carboxylic acid groups (broad SMARTS) is 1. The fourth-order valence-electron chi connectivity index (χ4n) is 1.71. The van der Waals surface area contributed by atoms with Gasteiger partial charge in [-0.1, -0.05) is 30.3 Å². The Morgan fingerprint density at radius 2 is 1.95 bits per heavy atom. The molecular weight excluding hydrogens is 244 g/mol. The first-order valence-corrected chi connectivity index (χ1v) is 6.40. The molecule has 5 nitrogen and oxygen atoms in total. The molecule has 0 aromatic heterocycles. The minimum absolute atomic E-state index is 0.115. The number of carbonyl (C=O) groups is 2. The lowest BCUT2D eigenvalue weighted by atomic mass is 10.1. The second-order valence-electron chi connectivity index (χ2n) is 4.25. The zero-order chi connectivity index (χ0) is 14.1. The van der Waals surface area contributed by atoms with Gasteiger partial charge >= 0.3 is 5.97 Å². The van der Waals surface area contributed by atoms with E-state index in [0.717, 1.165) is 5.56 Å². The van der Waals surface area contributed by atoms with Crippen LogP contribution in [0.25, 0.3) is 0 Å². The highest BCUT2D eigenvalue weighted by molar-refractivity contribution is 5.78. The molecule has 1 aromatic carbocycles. The standard InChI is InChI=1S/C14H20N2O3/c1-2-15-13(17)9-8-12(14(18)19)16-10-11-6-4-3-5-7-11/h3-7,12,16H,2,8-10H2,1H3,(H,15,17)(H,18,19)/t12-/m0/s1. The van der Waals surface area contributed by atoms with Crippen LogP contribution in [-0.2, 0) is 16.1 Å². The van der Waals surface area contributed by atoms with Gasteiger partial charge in [0.15, 0.2) is 0 Å². The molecule has 0 saturated heterocycles. The summed E-state index contributed by atoms with van der Waals surface area (Å²) in [5.41, 5.74) is 1.02. The van der Waals surface area contributed by atoms with Gasteiger partial charge in [-0.2, -0.15) is 0 Å². The van der Waals surface area contributed by atoms with Crippen LogP contribution in [0.5, 0.6) is 0 Å². The molecule has 0 aliphatic heterocycles. The van der Waals surface area contributed by atoms with Gasteiger partial charge in [-0.3, -0.25) is 9.59 Å². The summed E-state index contributed by atoms with van der Waals surface area (Å²) >= 11 is 0. The topological polar surface area (TPSA) is 78.4 Å². The van der Waals surface area contributed by atoms with E-state index in [1.807, 2.05) is 37.3 Å². The third-order valence-electron chi connectivity index (χ3n) is 2.73. The lowest BCUT2D eigenvalue weighted by Gasteiger charge is -2.14. The number of carbonyl (C=O) groups excluding carboxylic acids is 1. The fraction of sp³-hybridized carbons (Fsp3) is 0.429. The van der Waals surface area contributed by atoms with E-state index in [4.69, 9.17) is 5.11 Å². The molecule has 0 radical (unpaired) electrons. The molecule has 0 fully saturated rings. The minimum atomic E-state index is -0.930. The van der Waals surface area contributed by atoms with Crippen LogP contribution in [0.3, 0.4) is 0 Å². The van der Waals surface area contributed by atoms with Gasteiger partial charge in [-0.15, -0.1) is 0 Å². The van der Waals surface area contributed by atoms with Gasteiger partial charge in [0.25, 0.3) is 0 Å². The molecular formula is C14H20N2O3. The average molecular weight is 264 g/mol. The lowest BCUT2D eigenvalue weighted by Crippen LogP contribution is -2.37. The van der Waals surface area contributed by atoms with Crippen molar-refractivity contribution in [3.8, 4) is 0 Å². The lowest BCUT2D eigenvalue weighted by molar-refractivity contribution is -0.139. The molecule has 3 N–H and O–H groups in total. The molecule has 5 heteroatoms. The molecule has 0 aliphatic rings. The van der Waals surface area contributed by atoms with Crippen molar-refractivity contribution in [3.05, 3.63) is 35.9 Å². The quantitative estimate of drug-likeness (QED) is 0.658. The van der Waals surface area contributed by atoms with E-state index in [-0.39, 0.29) is 18.7 Å².